The van der Waals surface area contributed by atoms with Crippen molar-refractivity contribution in [1.29, 1.82) is 0 Å². The second-order valence-electron chi connectivity index (χ2n) is 5.58. The maximum atomic E-state index is 10.2. The predicted octanol–water partition coefficient (Wildman–Crippen LogP) is 4.98. The number of hydrogen-bond donors (Lipinski definition) is 2. The quantitative estimate of drug-likeness (QED) is 0.701. The Hall–Kier alpha value is -3.33. The number of para-hydroxylation sites is 3. The molecule has 0 atom stereocenters. The topological polar surface area (TPSA) is 44.6 Å². The molecule has 0 bridgehead atoms. The van der Waals surface area contributed by atoms with E-state index in [9.17, 15) is 5.11 Å². The first kappa shape index (κ1) is 14.3. The molecule has 0 radical (unpaired) electrons. The van der Waals surface area contributed by atoms with Crippen molar-refractivity contribution >= 4 is 22.8 Å². The molecule has 0 saturated carbocycles. The van der Waals surface area contributed by atoms with Crippen LogP contribution in [0, 0.1) is 0 Å². The van der Waals surface area contributed by atoms with Crippen molar-refractivity contribution < 1.29 is 5.11 Å². The summed E-state index contributed by atoms with van der Waals surface area (Å²) in [5, 5.41) is 13.6. The molecule has 1 heterocycles. The van der Waals surface area contributed by atoms with Crippen molar-refractivity contribution in [3.8, 4) is 5.75 Å². The number of phenols is 1. The van der Waals surface area contributed by atoms with Crippen LogP contribution in [0.25, 0.3) is 5.70 Å². The Kier molecular flexibility index (Phi) is 3.60. The molecule has 3 aromatic rings. The van der Waals surface area contributed by atoms with Crippen LogP contribution in [0.3, 0.4) is 0 Å². The molecule has 0 aromatic heterocycles. The monoisotopic (exact) mass is 312 g/mol. The average Bonchev–Trinajstić information content (AvgIpc) is 2.82. The highest BCUT2D eigenvalue weighted by Crippen LogP contribution is 2.34. The Labute approximate surface area is 140 Å². The van der Waals surface area contributed by atoms with Crippen molar-refractivity contribution in [2.24, 2.45) is 4.99 Å². The first-order chi connectivity index (χ1) is 11.8. The Morgan fingerprint density at radius 2 is 1.46 bits per heavy atom. The van der Waals surface area contributed by atoms with Crippen LogP contribution in [0.15, 0.2) is 89.9 Å². The van der Waals surface area contributed by atoms with E-state index >= 15 is 0 Å². The molecule has 0 unspecified atom stereocenters. The van der Waals surface area contributed by atoms with Gasteiger partial charge in [-0.2, -0.15) is 0 Å². The van der Waals surface area contributed by atoms with Crippen LogP contribution in [-0.4, -0.2) is 10.8 Å². The minimum absolute atomic E-state index is 0.239. The highest BCUT2D eigenvalue weighted by molar-refractivity contribution is 6.16. The molecular weight excluding hydrogens is 296 g/mol. The SMILES string of the molecule is Oc1ccccc1C1=CC(c2ccccc2)=Nc2ccccc2N1. The molecule has 0 saturated heterocycles. The Balaban J connectivity index is 1.91. The van der Waals surface area contributed by atoms with Crippen LogP contribution in [0.1, 0.15) is 11.1 Å². The molecule has 0 amide bonds. The van der Waals surface area contributed by atoms with Gasteiger partial charge in [0.15, 0.2) is 0 Å². The van der Waals surface area contributed by atoms with Crippen LogP contribution in [0.2, 0.25) is 0 Å². The fourth-order valence-corrected chi connectivity index (χ4v) is 2.76. The van der Waals surface area contributed by atoms with Gasteiger partial charge in [0, 0.05) is 11.1 Å². The van der Waals surface area contributed by atoms with Crippen LogP contribution in [0.4, 0.5) is 11.4 Å². The van der Waals surface area contributed by atoms with Gasteiger partial charge in [-0.1, -0.05) is 54.6 Å². The second-order valence-corrected chi connectivity index (χ2v) is 5.58. The predicted molar refractivity (Wildman–Crippen MR) is 98.8 cm³/mol. The van der Waals surface area contributed by atoms with E-state index in [1.807, 2.05) is 78.9 Å². The summed E-state index contributed by atoms with van der Waals surface area (Å²) in [6.45, 7) is 0. The summed E-state index contributed by atoms with van der Waals surface area (Å²) in [7, 11) is 0. The van der Waals surface area contributed by atoms with Crippen molar-refractivity contribution in [3.05, 3.63) is 96.1 Å². The molecule has 1 aliphatic heterocycles. The van der Waals surface area contributed by atoms with E-state index in [-0.39, 0.29) is 5.75 Å². The highest BCUT2D eigenvalue weighted by Gasteiger charge is 2.15. The third-order valence-corrected chi connectivity index (χ3v) is 3.96. The summed E-state index contributed by atoms with van der Waals surface area (Å²) >= 11 is 0. The smallest absolute Gasteiger partial charge is 0.124 e. The summed E-state index contributed by atoms with van der Waals surface area (Å²) in [5.41, 5.74) is 5.24. The largest absolute Gasteiger partial charge is 0.507 e. The van der Waals surface area contributed by atoms with E-state index in [1.54, 1.807) is 6.07 Å². The van der Waals surface area contributed by atoms with Gasteiger partial charge in [0.05, 0.1) is 22.8 Å². The van der Waals surface area contributed by atoms with Gasteiger partial charge in [0.2, 0.25) is 0 Å². The van der Waals surface area contributed by atoms with Gasteiger partial charge < -0.3 is 10.4 Å². The van der Waals surface area contributed by atoms with Crippen LogP contribution in [-0.2, 0) is 0 Å². The maximum Gasteiger partial charge on any atom is 0.124 e. The lowest BCUT2D eigenvalue weighted by atomic mass is 10.1. The Morgan fingerprint density at radius 3 is 2.29 bits per heavy atom. The van der Waals surface area contributed by atoms with Gasteiger partial charge in [-0.25, -0.2) is 4.99 Å². The van der Waals surface area contributed by atoms with Crippen molar-refractivity contribution in [1.82, 2.24) is 0 Å². The maximum absolute atomic E-state index is 10.2. The molecule has 0 fully saturated rings. The molecule has 3 aromatic carbocycles. The molecule has 24 heavy (non-hydrogen) atoms. The molecule has 3 nitrogen and oxygen atoms in total. The fraction of sp³-hybridized carbons (Fsp3) is 0. The molecule has 4 rings (SSSR count). The van der Waals surface area contributed by atoms with Crippen LogP contribution in [0.5, 0.6) is 5.75 Å². The summed E-state index contributed by atoms with van der Waals surface area (Å²) in [4.78, 5) is 4.81. The lowest BCUT2D eigenvalue weighted by Gasteiger charge is -2.12. The number of aromatic hydroxyl groups is 1. The lowest BCUT2D eigenvalue weighted by molar-refractivity contribution is 0.473. The Bertz CT molecular complexity index is 943. The zero-order chi connectivity index (χ0) is 16.4. The molecule has 116 valence electrons. The molecule has 3 heteroatoms. The number of allylic oxidation sites excluding steroid dienone is 1. The third kappa shape index (κ3) is 2.68. The van der Waals surface area contributed by atoms with E-state index in [4.69, 9.17) is 4.99 Å². The van der Waals surface area contributed by atoms with Gasteiger partial charge >= 0.3 is 0 Å². The standard InChI is InChI=1S/C21H16N2O/c24-21-13-7-4-10-16(21)20-14-19(15-8-2-1-3-9-15)22-17-11-5-6-12-18(17)23-20/h1-14,23-24H. The molecule has 0 spiro atoms. The number of nitrogens with zero attached hydrogens (tertiary/aromatic N) is 1. The van der Waals surface area contributed by atoms with E-state index in [0.29, 0.717) is 0 Å². The second kappa shape index (κ2) is 6.05. The Morgan fingerprint density at radius 1 is 0.750 bits per heavy atom. The fourth-order valence-electron chi connectivity index (χ4n) is 2.76. The zero-order valence-electron chi connectivity index (χ0n) is 13.0. The summed E-state index contributed by atoms with van der Waals surface area (Å²) < 4.78 is 0. The van der Waals surface area contributed by atoms with Crippen molar-refractivity contribution in [3.63, 3.8) is 0 Å². The zero-order valence-corrected chi connectivity index (χ0v) is 13.0. The number of anilines is 1. The number of hydrogen-bond acceptors (Lipinski definition) is 3. The highest BCUT2D eigenvalue weighted by atomic mass is 16.3. The van der Waals surface area contributed by atoms with Gasteiger partial charge in [-0.15, -0.1) is 0 Å². The van der Waals surface area contributed by atoms with Gasteiger partial charge in [0.1, 0.15) is 5.75 Å². The van der Waals surface area contributed by atoms with Gasteiger partial charge in [-0.05, 0) is 30.3 Å². The van der Waals surface area contributed by atoms with Crippen LogP contribution >= 0.6 is 0 Å². The van der Waals surface area contributed by atoms with Crippen molar-refractivity contribution in [2.45, 2.75) is 0 Å². The summed E-state index contributed by atoms with van der Waals surface area (Å²) in [6.07, 6.45) is 1.98. The normalized spacial score (nSPS) is 13.2. The van der Waals surface area contributed by atoms with Crippen LogP contribution < -0.4 is 5.32 Å². The van der Waals surface area contributed by atoms with E-state index in [0.717, 1.165) is 33.9 Å². The number of aliphatic imine (C=N–C) groups is 1. The minimum Gasteiger partial charge on any atom is -0.507 e. The van der Waals surface area contributed by atoms with E-state index < -0.39 is 0 Å². The van der Waals surface area contributed by atoms with E-state index in [2.05, 4.69) is 5.32 Å². The molecule has 1 aliphatic rings. The summed E-state index contributed by atoms with van der Waals surface area (Å²) in [6, 6.07) is 25.3. The third-order valence-electron chi connectivity index (χ3n) is 3.96. The molecule has 0 aliphatic carbocycles. The van der Waals surface area contributed by atoms with Crippen molar-refractivity contribution in [2.75, 3.05) is 5.32 Å². The number of fused-ring (bicyclic) bond motifs is 1. The number of benzene rings is 3. The summed E-state index contributed by atoms with van der Waals surface area (Å²) in [5.74, 6) is 0.239. The molecular formula is C21H16N2O. The minimum atomic E-state index is 0.239. The average molecular weight is 312 g/mol. The first-order valence-electron chi connectivity index (χ1n) is 7.81. The van der Waals surface area contributed by atoms with Gasteiger partial charge in [0.25, 0.3) is 0 Å². The lowest BCUT2D eigenvalue weighted by Crippen LogP contribution is -2.01. The first-order valence-corrected chi connectivity index (χ1v) is 7.81. The number of nitrogens with one attached hydrogen (secondary N) is 1. The van der Waals surface area contributed by atoms with E-state index in [1.165, 1.54) is 0 Å². The molecule has 2 N–H and O–H groups in total. The number of phenolic OH excluding ortho intramolecular Hbond substituents is 1. The van der Waals surface area contributed by atoms with Gasteiger partial charge in [-0.3, -0.25) is 0 Å². The number of rotatable bonds is 2.